The monoisotopic (exact) mass is 228 g/mol. The topological polar surface area (TPSA) is 58.6 Å². The van der Waals surface area contributed by atoms with E-state index in [1.54, 1.807) is 6.07 Å². The molecule has 5 heteroatoms. The van der Waals surface area contributed by atoms with Gasteiger partial charge in [-0.1, -0.05) is 22.8 Å². The van der Waals surface area contributed by atoms with Gasteiger partial charge in [0.2, 0.25) is 0 Å². The summed E-state index contributed by atoms with van der Waals surface area (Å²) in [6, 6.07) is 4.15. The standard InChI is InChI=1S/C10H10ClFN2O/c11-8-5-6(12)1-2-7(8)10(3-4-10)9(13)14-15/h1-2,5,15H,3-4H2,(H2,13,14). The van der Waals surface area contributed by atoms with Crippen LogP contribution in [0.3, 0.4) is 0 Å². The molecule has 1 fully saturated rings. The van der Waals surface area contributed by atoms with Gasteiger partial charge in [-0.25, -0.2) is 4.39 Å². The molecule has 0 unspecified atom stereocenters. The van der Waals surface area contributed by atoms with E-state index in [4.69, 9.17) is 22.5 Å². The molecule has 15 heavy (non-hydrogen) atoms. The summed E-state index contributed by atoms with van der Waals surface area (Å²) in [6.07, 6.45) is 1.54. The van der Waals surface area contributed by atoms with Crippen LogP contribution in [0, 0.1) is 5.82 Å². The fourth-order valence-corrected chi connectivity index (χ4v) is 2.11. The lowest BCUT2D eigenvalue weighted by atomic mass is 9.95. The summed E-state index contributed by atoms with van der Waals surface area (Å²) in [6.45, 7) is 0. The van der Waals surface area contributed by atoms with E-state index in [9.17, 15) is 4.39 Å². The first-order valence-corrected chi connectivity index (χ1v) is 4.91. The second-order valence-corrected chi connectivity index (χ2v) is 4.10. The van der Waals surface area contributed by atoms with Crippen molar-refractivity contribution in [1.29, 1.82) is 0 Å². The third-order valence-electron chi connectivity index (χ3n) is 2.79. The van der Waals surface area contributed by atoms with Gasteiger partial charge >= 0.3 is 0 Å². The molecule has 0 bridgehead atoms. The predicted octanol–water partition coefficient (Wildman–Crippen LogP) is 2.26. The van der Waals surface area contributed by atoms with E-state index in [2.05, 4.69) is 5.16 Å². The minimum atomic E-state index is -0.487. The Morgan fingerprint density at radius 2 is 2.20 bits per heavy atom. The minimum absolute atomic E-state index is 0.135. The molecule has 2 rings (SSSR count). The maximum Gasteiger partial charge on any atom is 0.149 e. The van der Waals surface area contributed by atoms with Crippen LogP contribution in [0.2, 0.25) is 5.02 Å². The summed E-state index contributed by atoms with van der Waals surface area (Å²) in [5.74, 6) is -0.255. The number of amidine groups is 1. The van der Waals surface area contributed by atoms with Gasteiger partial charge in [-0.15, -0.1) is 0 Å². The molecule has 0 aliphatic heterocycles. The number of halogens is 2. The summed E-state index contributed by atoms with van der Waals surface area (Å²) in [5, 5.41) is 12.0. The van der Waals surface area contributed by atoms with E-state index in [0.717, 1.165) is 18.4 Å². The highest BCUT2D eigenvalue weighted by atomic mass is 35.5. The third-order valence-corrected chi connectivity index (χ3v) is 3.11. The van der Waals surface area contributed by atoms with Gasteiger partial charge in [0.05, 0.1) is 5.41 Å². The highest BCUT2D eigenvalue weighted by Crippen LogP contribution is 2.50. The maximum atomic E-state index is 12.8. The fraction of sp³-hybridized carbons (Fsp3) is 0.300. The minimum Gasteiger partial charge on any atom is -0.409 e. The average Bonchev–Trinajstić information content (AvgIpc) is 2.97. The van der Waals surface area contributed by atoms with Crippen LogP contribution in [-0.2, 0) is 5.41 Å². The lowest BCUT2D eigenvalue weighted by Crippen LogP contribution is -2.29. The van der Waals surface area contributed by atoms with Gasteiger partial charge in [0.25, 0.3) is 0 Å². The van der Waals surface area contributed by atoms with E-state index < -0.39 is 5.41 Å². The summed E-state index contributed by atoms with van der Waals surface area (Å²) in [7, 11) is 0. The molecule has 0 saturated heterocycles. The smallest absolute Gasteiger partial charge is 0.149 e. The van der Waals surface area contributed by atoms with Gasteiger partial charge in [0.15, 0.2) is 0 Å². The van der Waals surface area contributed by atoms with Gasteiger partial charge in [0.1, 0.15) is 11.7 Å². The lowest BCUT2D eigenvalue weighted by molar-refractivity contribution is 0.315. The third kappa shape index (κ3) is 1.55. The van der Waals surface area contributed by atoms with Crippen molar-refractivity contribution in [2.45, 2.75) is 18.3 Å². The normalized spacial score (nSPS) is 18.9. The Kier molecular flexibility index (Phi) is 2.31. The van der Waals surface area contributed by atoms with Gasteiger partial charge in [-0.05, 0) is 30.5 Å². The molecule has 80 valence electrons. The summed E-state index contributed by atoms with van der Waals surface area (Å²) >= 11 is 5.92. The van der Waals surface area contributed by atoms with Crippen LogP contribution >= 0.6 is 11.6 Å². The fourth-order valence-electron chi connectivity index (χ4n) is 1.76. The number of oxime groups is 1. The number of nitrogens with two attached hydrogens (primary N) is 1. The van der Waals surface area contributed by atoms with Crippen molar-refractivity contribution in [2.24, 2.45) is 10.9 Å². The Labute approximate surface area is 91.3 Å². The lowest BCUT2D eigenvalue weighted by Gasteiger charge is -2.15. The zero-order valence-electron chi connectivity index (χ0n) is 7.87. The number of hydrogen-bond acceptors (Lipinski definition) is 2. The van der Waals surface area contributed by atoms with Gasteiger partial charge in [0, 0.05) is 5.02 Å². The average molecular weight is 229 g/mol. The highest BCUT2D eigenvalue weighted by Gasteiger charge is 2.49. The van der Waals surface area contributed by atoms with Crippen molar-refractivity contribution in [3.05, 3.63) is 34.6 Å². The summed E-state index contributed by atoms with van der Waals surface area (Å²) in [5.41, 5.74) is 5.84. The van der Waals surface area contributed by atoms with Crippen LogP contribution in [0.25, 0.3) is 0 Å². The second-order valence-electron chi connectivity index (χ2n) is 3.69. The first-order valence-electron chi connectivity index (χ1n) is 4.54. The zero-order chi connectivity index (χ0) is 11.1. The van der Waals surface area contributed by atoms with E-state index in [0.29, 0.717) is 5.02 Å². The van der Waals surface area contributed by atoms with Gasteiger partial charge < -0.3 is 10.9 Å². The zero-order valence-corrected chi connectivity index (χ0v) is 8.63. The Morgan fingerprint density at radius 3 is 2.67 bits per heavy atom. The molecule has 1 aromatic carbocycles. The molecule has 0 spiro atoms. The molecule has 1 aromatic rings. The molecule has 1 aliphatic rings. The van der Waals surface area contributed by atoms with E-state index in [1.807, 2.05) is 0 Å². The Hall–Kier alpha value is -1.29. The number of nitrogens with zero attached hydrogens (tertiary/aromatic N) is 1. The Balaban J connectivity index is 2.46. The Morgan fingerprint density at radius 1 is 1.53 bits per heavy atom. The van der Waals surface area contributed by atoms with Crippen molar-refractivity contribution < 1.29 is 9.60 Å². The van der Waals surface area contributed by atoms with Crippen LogP contribution in [-0.4, -0.2) is 11.0 Å². The summed E-state index contributed by atoms with van der Waals surface area (Å²) in [4.78, 5) is 0. The van der Waals surface area contributed by atoms with Crippen LogP contribution in [0.1, 0.15) is 18.4 Å². The number of rotatable bonds is 2. The van der Waals surface area contributed by atoms with Crippen LogP contribution in [0.5, 0.6) is 0 Å². The predicted molar refractivity (Wildman–Crippen MR) is 55.7 cm³/mol. The van der Waals surface area contributed by atoms with Crippen molar-refractivity contribution in [3.63, 3.8) is 0 Å². The second kappa shape index (κ2) is 3.38. The van der Waals surface area contributed by atoms with Crippen molar-refractivity contribution in [1.82, 2.24) is 0 Å². The van der Waals surface area contributed by atoms with Gasteiger partial charge in [-0.2, -0.15) is 0 Å². The van der Waals surface area contributed by atoms with E-state index >= 15 is 0 Å². The molecular formula is C10H10ClFN2O. The van der Waals surface area contributed by atoms with Crippen LogP contribution in [0.15, 0.2) is 23.4 Å². The van der Waals surface area contributed by atoms with E-state index in [-0.39, 0.29) is 11.7 Å². The SMILES string of the molecule is N/C(=N\O)C1(c2ccc(F)cc2Cl)CC1. The molecule has 3 N–H and O–H groups in total. The first-order chi connectivity index (χ1) is 7.10. The van der Waals surface area contributed by atoms with Crippen molar-refractivity contribution >= 4 is 17.4 Å². The van der Waals surface area contributed by atoms with Crippen LogP contribution < -0.4 is 5.73 Å². The molecule has 1 aliphatic carbocycles. The highest BCUT2D eigenvalue weighted by molar-refractivity contribution is 6.32. The number of benzene rings is 1. The van der Waals surface area contributed by atoms with E-state index in [1.165, 1.54) is 12.1 Å². The first kappa shape index (κ1) is 10.2. The molecule has 0 heterocycles. The van der Waals surface area contributed by atoms with Crippen molar-refractivity contribution in [3.8, 4) is 0 Å². The molecule has 0 radical (unpaired) electrons. The molecular weight excluding hydrogens is 219 g/mol. The largest absolute Gasteiger partial charge is 0.409 e. The molecule has 0 aromatic heterocycles. The quantitative estimate of drug-likeness (QED) is 0.353. The van der Waals surface area contributed by atoms with Gasteiger partial charge in [-0.3, -0.25) is 0 Å². The maximum absolute atomic E-state index is 12.8. The Bertz CT molecular complexity index is 429. The molecule has 1 saturated carbocycles. The molecule has 0 amide bonds. The molecule has 3 nitrogen and oxygen atoms in total. The van der Waals surface area contributed by atoms with Crippen LogP contribution in [0.4, 0.5) is 4.39 Å². The molecule has 0 atom stereocenters. The number of hydrogen-bond donors (Lipinski definition) is 2. The summed E-state index contributed by atoms with van der Waals surface area (Å²) < 4.78 is 12.8. The van der Waals surface area contributed by atoms with Crippen molar-refractivity contribution in [2.75, 3.05) is 0 Å².